The van der Waals surface area contributed by atoms with Gasteiger partial charge in [0.1, 0.15) is 6.61 Å². The van der Waals surface area contributed by atoms with Crippen LogP contribution in [-0.4, -0.2) is 11.0 Å². The van der Waals surface area contributed by atoms with Crippen LogP contribution in [0, 0.1) is 0 Å². The van der Waals surface area contributed by atoms with E-state index in [0.29, 0.717) is 5.56 Å². The number of rotatable bonds is 3. The Morgan fingerprint density at radius 2 is 1.94 bits per heavy atom. The van der Waals surface area contributed by atoms with Crippen LogP contribution in [0.3, 0.4) is 0 Å². The van der Waals surface area contributed by atoms with Crippen molar-refractivity contribution < 1.29 is 9.53 Å². The molecule has 0 aliphatic heterocycles. The van der Waals surface area contributed by atoms with Crippen molar-refractivity contribution in [2.45, 2.75) is 6.61 Å². The topological polar surface area (TPSA) is 39.2 Å². The second-order valence-corrected chi connectivity index (χ2v) is 4.32. The predicted molar refractivity (Wildman–Crippen MR) is 67.5 cm³/mol. The summed E-state index contributed by atoms with van der Waals surface area (Å²) in [4.78, 5) is 15.7. The molecule has 3 nitrogen and oxygen atoms in total. The maximum atomic E-state index is 11.7. The van der Waals surface area contributed by atoms with Crippen molar-refractivity contribution in [2.75, 3.05) is 0 Å². The lowest BCUT2D eigenvalue weighted by Crippen LogP contribution is -2.05. The Bertz CT molecular complexity index is 497. The van der Waals surface area contributed by atoms with E-state index < -0.39 is 0 Å². The zero-order valence-corrected chi connectivity index (χ0v) is 10.6. The molecule has 4 heteroatoms. The molecule has 86 valence electrons. The summed E-state index contributed by atoms with van der Waals surface area (Å²) >= 11 is 3.31. The van der Waals surface area contributed by atoms with Gasteiger partial charge >= 0.3 is 5.97 Å². The number of halogens is 1. The van der Waals surface area contributed by atoms with Crippen LogP contribution < -0.4 is 0 Å². The molecule has 0 N–H and O–H groups in total. The number of hydrogen-bond donors (Lipinski definition) is 0. The summed E-state index contributed by atoms with van der Waals surface area (Å²) in [6.45, 7) is 0.190. The lowest BCUT2D eigenvalue weighted by molar-refractivity contribution is 0.0468. The van der Waals surface area contributed by atoms with Crippen molar-refractivity contribution in [2.24, 2.45) is 0 Å². The van der Waals surface area contributed by atoms with Gasteiger partial charge in [0.2, 0.25) is 0 Å². The highest BCUT2D eigenvalue weighted by Crippen LogP contribution is 2.11. The van der Waals surface area contributed by atoms with Crippen molar-refractivity contribution in [3.05, 3.63) is 64.4 Å². The quantitative estimate of drug-likeness (QED) is 0.815. The number of carbonyl (C=O) groups excluding carboxylic acids is 1. The lowest BCUT2D eigenvalue weighted by Gasteiger charge is -2.04. The molecule has 2 aromatic rings. The van der Waals surface area contributed by atoms with Crippen LogP contribution in [0.5, 0.6) is 0 Å². The van der Waals surface area contributed by atoms with Gasteiger partial charge in [-0.2, -0.15) is 0 Å². The van der Waals surface area contributed by atoms with Gasteiger partial charge in [-0.25, -0.2) is 4.79 Å². The molecular formula is C13H10BrNO2. The molecule has 0 aliphatic carbocycles. The van der Waals surface area contributed by atoms with Crippen LogP contribution >= 0.6 is 15.9 Å². The fourth-order valence-corrected chi connectivity index (χ4v) is 1.56. The van der Waals surface area contributed by atoms with Crippen LogP contribution in [0.4, 0.5) is 0 Å². The normalized spacial score (nSPS) is 9.94. The third-order valence-electron chi connectivity index (χ3n) is 2.16. The van der Waals surface area contributed by atoms with Gasteiger partial charge in [0.15, 0.2) is 0 Å². The van der Waals surface area contributed by atoms with Gasteiger partial charge in [0.25, 0.3) is 0 Å². The van der Waals surface area contributed by atoms with Gasteiger partial charge in [0, 0.05) is 10.7 Å². The van der Waals surface area contributed by atoms with Gasteiger partial charge in [-0.05, 0) is 36.4 Å². The van der Waals surface area contributed by atoms with Crippen molar-refractivity contribution in [3.8, 4) is 0 Å². The molecule has 0 aliphatic rings. The SMILES string of the molecule is O=C(OCc1ccccn1)c1ccc(Br)cc1. The molecule has 2 rings (SSSR count). The van der Waals surface area contributed by atoms with Crippen molar-refractivity contribution in [1.82, 2.24) is 4.98 Å². The Hall–Kier alpha value is -1.68. The van der Waals surface area contributed by atoms with Crippen molar-refractivity contribution in [3.63, 3.8) is 0 Å². The predicted octanol–water partition coefficient (Wildman–Crippen LogP) is 3.20. The Labute approximate surface area is 108 Å². The Balaban J connectivity index is 1.96. The van der Waals surface area contributed by atoms with Gasteiger partial charge in [0.05, 0.1) is 11.3 Å². The molecule has 0 amide bonds. The summed E-state index contributed by atoms with van der Waals surface area (Å²) in [5, 5.41) is 0. The van der Waals surface area contributed by atoms with E-state index in [2.05, 4.69) is 20.9 Å². The van der Waals surface area contributed by atoms with Crippen LogP contribution in [0.2, 0.25) is 0 Å². The number of aromatic nitrogens is 1. The molecule has 1 heterocycles. The average Bonchev–Trinajstić information content (AvgIpc) is 2.38. The Morgan fingerprint density at radius 3 is 2.59 bits per heavy atom. The highest BCUT2D eigenvalue weighted by atomic mass is 79.9. The van der Waals surface area contributed by atoms with Crippen molar-refractivity contribution >= 4 is 21.9 Å². The molecule has 0 radical (unpaired) electrons. The molecular weight excluding hydrogens is 282 g/mol. The highest BCUT2D eigenvalue weighted by Gasteiger charge is 2.06. The molecule has 0 bridgehead atoms. The first-order chi connectivity index (χ1) is 8.25. The molecule has 0 saturated carbocycles. The van der Waals surface area contributed by atoms with Crippen LogP contribution in [0.15, 0.2) is 53.1 Å². The molecule has 0 fully saturated rings. The first-order valence-corrected chi connectivity index (χ1v) is 5.87. The first-order valence-electron chi connectivity index (χ1n) is 5.08. The summed E-state index contributed by atoms with van der Waals surface area (Å²) in [6, 6.07) is 12.5. The van der Waals surface area contributed by atoms with Crippen LogP contribution in [-0.2, 0) is 11.3 Å². The fourth-order valence-electron chi connectivity index (χ4n) is 1.29. The van der Waals surface area contributed by atoms with E-state index in [9.17, 15) is 4.79 Å². The van der Waals surface area contributed by atoms with E-state index in [1.807, 2.05) is 18.2 Å². The minimum Gasteiger partial charge on any atom is -0.456 e. The largest absolute Gasteiger partial charge is 0.456 e. The Kier molecular flexibility index (Phi) is 3.88. The minimum atomic E-state index is -0.344. The van der Waals surface area contributed by atoms with E-state index in [-0.39, 0.29) is 12.6 Å². The fraction of sp³-hybridized carbons (Fsp3) is 0.0769. The molecule has 0 atom stereocenters. The molecule has 0 spiro atoms. The van der Waals surface area contributed by atoms with E-state index >= 15 is 0 Å². The van der Waals surface area contributed by atoms with E-state index in [0.717, 1.165) is 10.2 Å². The van der Waals surface area contributed by atoms with Gasteiger partial charge in [-0.3, -0.25) is 4.98 Å². The summed E-state index contributed by atoms with van der Waals surface area (Å²) in [7, 11) is 0. The zero-order chi connectivity index (χ0) is 12.1. The smallest absolute Gasteiger partial charge is 0.338 e. The number of esters is 1. The average molecular weight is 292 g/mol. The second-order valence-electron chi connectivity index (χ2n) is 3.40. The molecule has 1 aromatic carbocycles. The van der Waals surface area contributed by atoms with Crippen LogP contribution in [0.1, 0.15) is 16.1 Å². The maximum absolute atomic E-state index is 11.7. The minimum absolute atomic E-state index is 0.190. The number of hydrogen-bond acceptors (Lipinski definition) is 3. The Morgan fingerprint density at radius 1 is 1.18 bits per heavy atom. The third-order valence-corrected chi connectivity index (χ3v) is 2.69. The zero-order valence-electron chi connectivity index (χ0n) is 8.97. The number of benzene rings is 1. The lowest BCUT2D eigenvalue weighted by atomic mass is 10.2. The van der Waals surface area contributed by atoms with E-state index in [1.165, 1.54) is 0 Å². The third kappa shape index (κ3) is 3.39. The standard InChI is InChI=1S/C13H10BrNO2/c14-11-6-4-10(5-7-11)13(16)17-9-12-3-1-2-8-15-12/h1-8H,9H2. The number of ether oxygens (including phenoxy) is 1. The maximum Gasteiger partial charge on any atom is 0.338 e. The summed E-state index contributed by atoms with van der Waals surface area (Å²) < 4.78 is 6.07. The van der Waals surface area contributed by atoms with Crippen molar-refractivity contribution in [1.29, 1.82) is 0 Å². The van der Waals surface area contributed by atoms with Gasteiger partial charge in [-0.1, -0.05) is 22.0 Å². The van der Waals surface area contributed by atoms with E-state index in [1.54, 1.807) is 30.5 Å². The first kappa shape index (κ1) is 11.8. The summed E-state index contributed by atoms with van der Waals surface area (Å²) in [5.41, 5.74) is 1.27. The number of nitrogens with zero attached hydrogens (tertiary/aromatic N) is 1. The molecule has 17 heavy (non-hydrogen) atoms. The summed E-state index contributed by atoms with van der Waals surface area (Å²) in [5.74, 6) is -0.344. The molecule has 0 unspecified atom stereocenters. The number of pyridine rings is 1. The van der Waals surface area contributed by atoms with Crippen LogP contribution in [0.25, 0.3) is 0 Å². The second kappa shape index (κ2) is 5.59. The monoisotopic (exact) mass is 291 g/mol. The van der Waals surface area contributed by atoms with Gasteiger partial charge < -0.3 is 4.74 Å². The van der Waals surface area contributed by atoms with E-state index in [4.69, 9.17) is 4.74 Å². The number of carbonyl (C=O) groups is 1. The molecule has 1 aromatic heterocycles. The van der Waals surface area contributed by atoms with Gasteiger partial charge in [-0.15, -0.1) is 0 Å². The highest BCUT2D eigenvalue weighted by molar-refractivity contribution is 9.10. The molecule has 0 saturated heterocycles. The summed E-state index contributed by atoms with van der Waals surface area (Å²) in [6.07, 6.45) is 1.67.